The van der Waals surface area contributed by atoms with Gasteiger partial charge in [-0.15, -0.1) is 24.0 Å². The molecule has 0 atom stereocenters. The molecule has 0 amide bonds. The lowest BCUT2D eigenvalue weighted by Gasteiger charge is -2.18. The summed E-state index contributed by atoms with van der Waals surface area (Å²) in [5.74, 6) is 0.631. The second-order valence-electron chi connectivity index (χ2n) is 5.67. The first kappa shape index (κ1) is 22.3. The number of hydrogen-bond donors (Lipinski definition) is 2. The van der Waals surface area contributed by atoms with Crippen LogP contribution in [-0.2, 0) is 9.84 Å². The van der Waals surface area contributed by atoms with Crippen molar-refractivity contribution in [1.82, 2.24) is 0 Å². The third kappa shape index (κ3) is 6.72. The number of anilines is 1. The maximum Gasteiger partial charge on any atom is 0.193 e. The van der Waals surface area contributed by atoms with Gasteiger partial charge in [-0.25, -0.2) is 8.42 Å². The van der Waals surface area contributed by atoms with Gasteiger partial charge in [0, 0.05) is 5.69 Å². The summed E-state index contributed by atoms with van der Waals surface area (Å²) in [6, 6.07) is 5.08. The smallest absolute Gasteiger partial charge is 0.193 e. The molecule has 0 bridgehead atoms. The summed E-state index contributed by atoms with van der Waals surface area (Å²) in [6.07, 6.45) is 0. The number of nitrogens with one attached hydrogen (secondary N) is 1. The number of rotatable bonds is 5. The van der Waals surface area contributed by atoms with Gasteiger partial charge < -0.3 is 15.8 Å². The van der Waals surface area contributed by atoms with Gasteiger partial charge in [-0.1, -0.05) is 11.6 Å². The average Bonchev–Trinajstić information content (AvgIpc) is 2.37. The number of methoxy groups -OCH3 is 1. The highest BCUT2D eigenvalue weighted by Crippen LogP contribution is 2.27. The van der Waals surface area contributed by atoms with Crippen molar-refractivity contribution in [2.75, 3.05) is 24.7 Å². The van der Waals surface area contributed by atoms with Crippen LogP contribution in [0.3, 0.4) is 0 Å². The molecule has 0 aliphatic rings. The highest BCUT2D eigenvalue weighted by molar-refractivity contribution is 14.0. The second-order valence-corrected chi connectivity index (χ2v) is 8.94. The molecule has 3 N–H and O–H groups in total. The van der Waals surface area contributed by atoms with Gasteiger partial charge in [0.05, 0.1) is 29.2 Å². The van der Waals surface area contributed by atoms with Crippen LogP contribution >= 0.6 is 35.6 Å². The van der Waals surface area contributed by atoms with E-state index in [2.05, 4.69) is 10.3 Å². The Morgan fingerprint density at radius 3 is 2.48 bits per heavy atom. The second kappa shape index (κ2) is 8.93. The molecule has 0 radical (unpaired) electrons. The molecule has 0 unspecified atom stereocenters. The highest BCUT2D eigenvalue weighted by atomic mass is 127. The van der Waals surface area contributed by atoms with E-state index in [1.165, 1.54) is 7.11 Å². The van der Waals surface area contributed by atoms with Crippen LogP contribution in [0.4, 0.5) is 5.69 Å². The Kier molecular flexibility index (Phi) is 8.64. The Bertz CT molecular complexity index is 658. The lowest BCUT2D eigenvalue weighted by molar-refractivity contribution is 0.415. The van der Waals surface area contributed by atoms with E-state index in [9.17, 15) is 8.42 Å². The van der Waals surface area contributed by atoms with Crippen molar-refractivity contribution in [3.05, 3.63) is 23.2 Å². The number of nitrogens with zero attached hydrogens (tertiary/aromatic N) is 1. The minimum atomic E-state index is -3.21. The summed E-state index contributed by atoms with van der Waals surface area (Å²) in [5, 5.41) is 3.29. The molecule has 1 aromatic rings. The van der Waals surface area contributed by atoms with E-state index in [1.54, 1.807) is 39.0 Å². The maximum atomic E-state index is 11.9. The third-order valence-corrected chi connectivity index (χ3v) is 5.88. The highest BCUT2D eigenvalue weighted by Gasteiger charge is 2.28. The molecule has 0 heterocycles. The van der Waals surface area contributed by atoms with Gasteiger partial charge in [0.25, 0.3) is 0 Å². The van der Waals surface area contributed by atoms with E-state index in [0.29, 0.717) is 16.5 Å². The molecule has 9 heteroatoms. The van der Waals surface area contributed by atoms with Crippen LogP contribution in [0.25, 0.3) is 0 Å². The molecule has 23 heavy (non-hydrogen) atoms. The van der Waals surface area contributed by atoms with Gasteiger partial charge in [-0.2, -0.15) is 0 Å². The monoisotopic (exact) mass is 475 g/mol. The Hall–Kier alpha value is -0.740. The van der Waals surface area contributed by atoms with Crippen molar-refractivity contribution in [2.45, 2.75) is 25.5 Å². The molecule has 1 aromatic carbocycles. The first-order valence-corrected chi connectivity index (χ1v) is 8.72. The fourth-order valence-corrected chi connectivity index (χ4v) is 2.73. The number of ether oxygens (including phenoxy) is 1. The molecule has 132 valence electrons. The minimum absolute atomic E-state index is 0. The number of aliphatic imine (C=N–C) groups is 1. The lowest BCUT2D eigenvalue weighted by atomic mass is 10.3. The van der Waals surface area contributed by atoms with Crippen molar-refractivity contribution in [3.63, 3.8) is 0 Å². The molecule has 0 aromatic heterocycles. The summed E-state index contributed by atoms with van der Waals surface area (Å²) in [4.78, 5) is 4.02. The molecule has 0 fully saturated rings. The van der Waals surface area contributed by atoms with Crippen LogP contribution in [0.1, 0.15) is 20.8 Å². The number of nitrogens with two attached hydrogens (primary N) is 1. The van der Waals surface area contributed by atoms with E-state index < -0.39 is 14.6 Å². The van der Waals surface area contributed by atoms with Gasteiger partial charge in [-0.05, 0) is 39.0 Å². The Labute approximate surface area is 159 Å². The predicted molar refractivity (Wildman–Crippen MR) is 107 cm³/mol. The Balaban J connectivity index is 0.00000484. The summed E-state index contributed by atoms with van der Waals surface area (Å²) < 4.78 is 28.1. The van der Waals surface area contributed by atoms with E-state index in [1.807, 2.05) is 0 Å². The Morgan fingerprint density at radius 2 is 2.00 bits per heavy atom. The summed E-state index contributed by atoms with van der Waals surface area (Å²) in [6.45, 7) is 5.08. The van der Waals surface area contributed by atoms with Crippen molar-refractivity contribution in [3.8, 4) is 5.75 Å². The molecule has 0 aliphatic carbocycles. The van der Waals surface area contributed by atoms with Crippen molar-refractivity contribution < 1.29 is 13.2 Å². The fourth-order valence-electron chi connectivity index (χ4n) is 1.52. The normalized spacial score (nSPS) is 12.5. The largest absolute Gasteiger partial charge is 0.495 e. The molecule has 1 rings (SSSR count). The van der Waals surface area contributed by atoms with Gasteiger partial charge in [0.1, 0.15) is 5.75 Å². The molecular formula is C14H23ClIN3O3S. The molecule has 0 saturated carbocycles. The van der Waals surface area contributed by atoms with E-state index in [0.717, 1.165) is 0 Å². The number of hydrogen-bond acceptors (Lipinski definition) is 4. The van der Waals surface area contributed by atoms with Gasteiger partial charge in [-0.3, -0.25) is 4.99 Å². The zero-order valence-electron chi connectivity index (χ0n) is 13.6. The zero-order chi connectivity index (χ0) is 17.0. The standard InChI is InChI=1S/C14H22ClN3O3S.HI/c1-14(2,3)22(19,20)8-7-17-13(16)18-10-5-6-12(21-4)11(15)9-10;/h5-6,9H,7-8H2,1-4H3,(H3,16,17,18);1H. The molecule has 0 spiro atoms. The van der Waals surface area contributed by atoms with Gasteiger partial charge in [0.2, 0.25) is 0 Å². The summed E-state index contributed by atoms with van der Waals surface area (Å²) in [5.41, 5.74) is 6.38. The molecule has 0 aliphatic heterocycles. The van der Waals surface area contributed by atoms with Crippen molar-refractivity contribution in [2.24, 2.45) is 10.7 Å². The van der Waals surface area contributed by atoms with Crippen molar-refractivity contribution in [1.29, 1.82) is 0 Å². The van der Waals surface area contributed by atoms with Crippen LogP contribution in [-0.4, -0.2) is 38.5 Å². The van der Waals surface area contributed by atoms with Crippen LogP contribution < -0.4 is 15.8 Å². The number of guanidine groups is 1. The topological polar surface area (TPSA) is 93.8 Å². The predicted octanol–water partition coefficient (Wildman–Crippen LogP) is 2.91. The van der Waals surface area contributed by atoms with E-state index in [4.69, 9.17) is 22.1 Å². The van der Waals surface area contributed by atoms with Crippen LogP contribution in [0.15, 0.2) is 23.2 Å². The average molecular weight is 476 g/mol. The molecule has 0 saturated heterocycles. The van der Waals surface area contributed by atoms with Gasteiger partial charge >= 0.3 is 0 Å². The van der Waals surface area contributed by atoms with Gasteiger partial charge in [0.15, 0.2) is 15.8 Å². The summed E-state index contributed by atoms with van der Waals surface area (Å²) in [7, 11) is -1.68. The van der Waals surface area contributed by atoms with Crippen LogP contribution in [0, 0.1) is 0 Å². The van der Waals surface area contributed by atoms with E-state index in [-0.39, 0.29) is 42.2 Å². The fraction of sp³-hybridized carbons (Fsp3) is 0.500. The Morgan fingerprint density at radius 1 is 1.39 bits per heavy atom. The number of halogens is 2. The lowest BCUT2D eigenvalue weighted by Crippen LogP contribution is -2.32. The number of sulfone groups is 1. The third-order valence-electron chi connectivity index (χ3n) is 3.00. The summed E-state index contributed by atoms with van der Waals surface area (Å²) >= 11 is 6.00. The number of benzene rings is 1. The van der Waals surface area contributed by atoms with Crippen LogP contribution in [0.2, 0.25) is 5.02 Å². The zero-order valence-corrected chi connectivity index (χ0v) is 17.5. The van der Waals surface area contributed by atoms with Crippen molar-refractivity contribution >= 4 is 57.1 Å². The first-order valence-electron chi connectivity index (χ1n) is 6.69. The first-order chi connectivity index (χ1) is 10.1. The SMILES string of the molecule is COc1ccc(NC(N)=NCCS(=O)(=O)C(C)(C)C)cc1Cl.I. The maximum absolute atomic E-state index is 11.9. The molecule has 6 nitrogen and oxygen atoms in total. The molecular weight excluding hydrogens is 453 g/mol. The quantitative estimate of drug-likeness (QED) is 0.388. The van der Waals surface area contributed by atoms with Crippen LogP contribution in [0.5, 0.6) is 5.75 Å². The van der Waals surface area contributed by atoms with E-state index >= 15 is 0 Å². The minimum Gasteiger partial charge on any atom is -0.495 e.